The van der Waals surface area contributed by atoms with Crippen LogP contribution in [-0.2, 0) is 9.84 Å². The molecule has 0 aliphatic rings. The Morgan fingerprint density at radius 3 is 2.44 bits per heavy atom. The third kappa shape index (κ3) is 4.38. The number of nitrogens with one attached hydrogen (secondary N) is 1. The summed E-state index contributed by atoms with van der Waals surface area (Å²) >= 11 is 0. The first kappa shape index (κ1) is 8.87. The molecule has 5 heteroatoms. The van der Waals surface area contributed by atoms with E-state index >= 15 is 0 Å². The zero-order valence-electron chi connectivity index (χ0n) is 5.42. The molecule has 0 spiro atoms. The highest BCUT2D eigenvalue weighted by Crippen LogP contribution is 1.85. The van der Waals surface area contributed by atoms with Crippen molar-refractivity contribution >= 4 is 9.84 Å². The van der Waals surface area contributed by atoms with E-state index < -0.39 is 9.84 Å². The molecule has 0 aliphatic heterocycles. The zero-order valence-corrected chi connectivity index (χ0v) is 6.24. The third-order valence-corrected chi connectivity index (χ3v) is 2.70. The molecule has 0 amide bonds. The largest absolute Gasteiger partial charge is 0.271 e. The zero-order chi connectivity index (χ0) is 7.33. The lowest BCUT2D eigenvalue weighted by atomic mass is 10.8. The van der Waals surface area contributed by atoms with Crippen molar-refractivity contribution in [3.8, 4) is 0 Å². The molecule has 0 unspecified atom stereocenters. The number of hydrazine groups is 1. The normalized spacial score (nSPS) is 11.8. The van der Waals surface area contributed by atoms with Gasteiger partial charge < -0.3 is 0 Å². The van der Waals surface area contributed by atoms with Crippen LogP contribution in [0, 0.1) is 0 Å². The SMILES string of the molecule is CCS(=O)(=O)CCNN. The van der Waals surface area contributed by atoms with E-state index in [1.54, 1.807) is 6.92 Å². The Kier molecular flexibility index (Phi) is 3.76. The molecule has 0 atom stereocenters. The first-order chi connectivity index (χ1) is 4.12. The van der Waals surface area contributed by atoms with Crippen LogP contribution in [0.15, 0.2) is 0 Å². The predicted octanol–water partition coefficient (Wildman–Crippen LogP) is -1.12. The Morgan fingerprint density at radius 1 is 1.56 bits per heavy atom. The van der Waals surface area contributed by atoms with Crippen molar-refractivity contribution < 1.29 is 8.42 Å². The van der Waals surface area contributed by atoms with Crippen LogP contribution in [0.1, 0.15) is 6.92 Å². The molecule has 0 aliphatic carbocycles. The number of hydrogen-bond donors (Lipinski definition) is 2. The summed E-state index contributed by atoms with van der Waals surface area (Å²) in [5, 5.41) is 0. The van der Waals surface area contributed by atoms with Crippen LogP contribution in [0.5, 0.6) is 0 Å². The van der Waals surface area contributed by atoms with Crippen molar-refractivity contribution in [1.82, 2.24) is 5.43 Å². The molecular formula is C4H12N2O2S. The summed E-state index contributed by atoms with van der Waals surface area (Å²) in [7, 11) is -2.82. The topological polar surface area (TPSA) is 72.2 Å². The van der Waals surface area contributed by atoms with E-state index in [0.29, 0.717) is 6.54 Å². The average Bonchev–Trinajstić information content (AvgIpc) is 1.84. The van der Waals surface area contributed by atoms with E-state index in [1.165, 1.54) is 0 Å². The molecule has 9 heavy (non-hydrogen) atoms. The van der Waals surface area contributed by atoms with Crippen LogP contribution in [0.25, 0.3) is 0 Å². The molecule has 0 saturated carbocycles. The van der Waals surface area contributed by atoms with Crippen LogP contribution >= 0.6 is 0 Å². The molecule has 0 aromatic rings. The monoisotopic (exact) mass is 152 g/mol. The second-order valence-corrected chi connectivity index (χ2v) is 4.16. The van der Waals surface area contributed by atoms with Crippen LogP contribution in [0.4, 0.5) is 0 Å². The molecule has 0 bridgehead atoms. The Hall–Kier alpha value is -0.130. The quantitative estimate of drug-likeness (QED) is 0.395. The minimum absolute atomic E-state index is 0.125. The van der Waals surface area contributed by atoms with Crippen molar-refractivity contribution in [2.24, 2.45) is 5.84 Å². The molecule has 0 rings (SSSR count). The lowest BCUT2D eigenvalue weighted by Crippen LogP contribution is -2.29. The van der Waals surface area contributed by atoms with Crippen molar-refractivity contribution in [2.75, 3.05) is 18.1 Å². The molecule has 56 valence electrons. The number of sulfone groups is 1. The minimum Gasteiger partial charge on any atom is -0.271 e. The summed E-state index contributed by atoms with van der Waals surface area (Å²) in [6.45, 7) is 1.95. The maximum absolute atomic E-state index is 10.7. The van der Waals surface area contributed by atoms with E-state index in [-0.39, 0.29) is 11.5 Å². The highest BCUT2D eigenvalue weighted by molar-refractivity contribution is 7.91. The molecule has 0 heterocycles. The van der Waals surface area contributed by atoms with Crippen LogP contribution in [0.3, 0.4) is 0 Å². The van der Waals surface area contributed by atoms with Gasteiger partial charge >= 0.3 is 0 Å². The molecule has 0 aromatic heterocycles. The molecule has 0 radical (unpaired) electrons. The van der Waals surface area contributed by atoms with Crippen molar-refractivity contribution in [1.29, 1.82) is 0 Å². The molecule has 0 saturated heterocycles. The summed E-state index contributed by atoms with van der Waals surface area (Å²) < 4.78 is 21.3. The van der Waals surface area contributed by atoms with Gasteiger partial charge in [0.25, 0.3) is 0 Å². The maximum Gasteiger partial charge on any atom is 0.151 e. The van der Waals surface area contributed by atoms with Gasteiger partial charge in [-0.25, -0.2) is 8.42 Å². The van der Waals surface area contributed by atoms with E-state index in [1.807, 2.05) is 0 Å². The van der Waals surface area contributed by atoms with E-state index in [4.69, 9.17) is 5.84 Å². The fourth-order valence-corrected chi connectivity index (χ4v) is 1.08. The highest BCUT2D eigenvalue weighted by atomic mass is 32.2. The Morgan fingerprint density at radius 2 is 2.11 bits per heavy atom. The average molecular weight is 152 g/mol. The van der Waals surface area contributed by atoms with Crippen molar-refractivity contribution in [2.45, 2.75) is 6.92 Å². The van der Waals surface area contributed by atoms with Gasteiger partial charge in [-0.15, -0.1) is 0 Å². The molecule has 0 aromatic carbocycles. The molecule has 0 fully saturated rings. The smallest absolute Gasteiger partial charge is 0.151 e. The number of rotatable bonds is 4. The fraction of sp³-hybridized carbons (Fsp3) is 1.00. The third-order valence-electron chi connectivity index (χ3n) is 0.997. The van der Waals surface area contributed by atoms with E-state index in [2.05, 4.69) is 5.43 Å². The first-order valence-electron chi connectivity index (χ1n) is 2.76. The Bertz CT molecular complexity index is 152. The van der Waals surface area contributed by atoms with Gasteiger partial charge in [-0.05, 0) is 0 Å². The number of hydrogen-bond acceptors (Lipinski definition) is 4. The van der Waals surface area contributed by atoms with Crippen LogP contribution < -0.4 is 11.3 Å². The minimum atomic E-state index is -2.82. The van der Waals surface area contributed by atoms with Gasteiger partial charge in [-0.3, -0.25) is 11.3 Å². The second kappa shape index (κ2) is 3.81. The van der Waals surface area contributed by atoms with Crippen molar-refractivity contribution in [3.05, 3.63) is 0 Å². The standard InChI is InChI=1S/C4H12N2O2S/c1-2-9(7,8)4-3-6-5/h6H,2-5H2,1H3. The number of nitrogens with two attached hydrogens (primary N) is 1. The maximum atomic E-state index is 10.7. The molecule has 3 N–H and O–H groups in total. The molecule has 4 nitrogen and oxygen atoms in total. The summed E-state index contributed by atoms with van der Waals surface area (Å²) in [6.07, 6.45) is 0. The van der Waals surface area contributed by atoms with Crippen molar-refractivity contribution in [3.63, 3.8) is 0 Å². The summed E-state index contributed by atoms with van der Waals surface area (Å²) in [6, 6.07) is 0. The van der Waals surface area contributed by atoms with Crippen LogP contribution in [-0.4, -0.2) is 26.5 Å². The Labute approximate surface area is 55.3 Å². The predicted molar refractivity (Wildman–Crippen MR) is 36.5 cm³/mol. The van der Waals surface area contributed by atoms with Gasteiger partial charge in [0.1, 0.15) is 0 Å². The summed E-state index contributed by atoms with van der Waals surface area (Å²) in [5.74, 6) is 5.19. The van der Waals surface area contributed by atoms with E-state index in [9.17, 15) is 8.42 Å². The van der Waals surface area contributed by atoms with Gasteiger partial charge in [-0.2, -0.15) is 0 Å². The van der Waals surface area contributed by atoms with Gasteiger partial charge in [0.2, 0.25) is 0 Å². The highest BCUT2D eigenvalue weighted by Gasteiger charge is 2.04. The van der Waals surface area contributed by atoms with Gasteiger partial charge in [0.05, 0.1) is 5.75 Å². The van der Waals surface area contributed by atoms with Crippen LogP contribution in [0.2, 0.25) is 0 Å². The van der Waals surface area contributed by atoms with Gasteiger partial charge in [-0.1, -0.05) is 6.92 Å². The Balaban J connectivity index is 3.61. The van der Waals surface area contributed by atoms with E-state index in [0.717, 1.165) is 0 Å². The lowest BCUT2D eigenvalue weighted by Gasteiger charge is -1.97. The fourth-order valence-electron chi connectivity index (χ4n) is 0.359. The summed E-state index contributed by atoms with van der Waals surface area (Å²) in [4.78, 5) is 0. The van der Waals surface area contributed by atoms with Gasteiger partial charge in [0.15, 0.2) is 9.84 Å². The van der Waals surface area contributed by atoms with Gasteiger partial charge in [0, 0.05) is 12.3 Å². The summed E-state index contributed by atoms with van der Waals surface area (Å²) in [5.41, 5.74) is 2.28. The molecular weight excluding hydrogens is 140 g/mol. The lowest BCUT2D eigenvalue weighted by molar-refractivity contribution is 0.593. The first-order valence-corrected chi connectivity index (χ1v) is 4.58. The second-order valence-electron chi connectivity index (χ2n) is 1.69.